The largest absolute Gasteiger partial charge is 0.310 e. The van der Waals surface area contributed by atoms with E-state index in [1.165, 1.54) is 131 Å². The van der Waals surface area contributed by atoms with Gasteiger partial charge in [0.1, 0.15) is 0 Å². The first kappa shape index (κ1) is 55.1. The molecular formula is C90H69N3S. The fourth-order valence-corrected chi connectivity index (χ4v) is 18.8. The summed E-state index contributed by atoms with van der Waals surface area (Å²) in [6.07, 6.45) is 0. The van der Waals surface area contributed by atoms with Crippen LogP contribution >= 0.6 is 11.3 Å². The monoisotopic (exact) mass is 1220 g/mol. The third-order valence-corrected chi connectivity index (χ3v) is 23.5. The van der Waals surface area contributed by atoms with Crippen LogP contribution in [0.2, 0.25) is 0 Å². The standard InChI is InChI=1S/C90H69N3S/c1-87(2)74-29-17-12-24-63(74)67-39-35-57(50-78(67)87)91(58-36-40-68-64-25-13-18-30-75(64)88(3,4)79(68)51-58)61-46-55(54-34-44-82-73(48-54)85-83(93(82)56-22-10-9-11-23-56)45-43-72-71-28-16-21-33-84(71)94-86(72)85)47-62(49-61)92(59-37-41-69-65-26-14-19-31-76(65)89(5,6)80(69)52-59)60-38-42-70-66-27-15-20-32-77(66)90(7,8)81(70)53-60/h9-53H,1-8H3. The third kappa shape index (κ3) is 7.66. The van der Waals surface area contributed by atoms with Crippen molar-refractivity contribution in [2.45, 2.75) is 77.0 Å². The fourth-order valence-electron chi connectivity index (χ4n) is 17.6. The number of hydrogen-bond acceptors (Lipinski definition) is 3. The Morgan fingerprint density at radius 3 is 1.10 bits per heavy atom. The number of fused-ring (bicyclic) bond motifs is 19. The number of nitrogens with zero attached hydrogens (tertiary/aromatic N) is 3. The van der Waals surface area contributed by atoms with E-state index < -0.39 is 0 Å². The van der Waals surface area contributed by atoms with E-state index in [1.54, 1.807) is 0 Å². The Morgan fingerprint density at radius 2 is 0.649 bits per heavy atom. The van der Waals surface area contributed by atoms with E-state index in [0.717, 1.165) is 50.9 Å². The molecule has 0 bridgehead atoms. The van der Waals surface area contributed by atoms with E-state index in [2.05, 4.69) is 343 Å². The van der Waals surface area contributed by atoms with Gasteiger partial charge in [0.15, 0.2) is 0 Å². The van der Waals surface area contributed by atoms with E-state index >= 15 is 0 Å². The molecule has 0 atom stereocenters. The summed E-state index contributed by atoms with van der Waals surface area (Å²) in [7, 11) is 0. The lowest BCUT2D eigenvalue weighted by atomic mass is 9.82. The van der Waals surface area contributed by atoms with Crippen molar-refractivity contribution in [3.05, 3.63) is 317 Å². The highest BCUT2D eigenvalue weighted by molar-refractivity contribution is 7.26. The lowest BCUT2D eigenvalue weighted by Gasteiger charge is -2.33. The van der Waals surface area contributed by atoms with Gasteiger partial charge in [-0.3, -0.25) is 0 Å². The third-order valence-electron chi connectivity index (χ3n) is 22.3. The van der Waals surface area contributed by atoms with Crippen molar-refractivity contribution in [1.29, 1.82) is 0 Å². The molecule has 450 valence electrons. The molecule has 0 amide bonds. The van der Waals surface area contributed by atoms with Crippen molar-refractivity contribution >= 4 is 87.4 Å². The second-order valence-corrected chi connectivity index (χ2v) is 29.9. The zero-order chi connectivity index (χ0) is 63.3. The Bertz CT molecular complexity index is 5320. The molecule has 0 spiro atoms. The molecule has 4 aliphatic rings. The van der Waals surface area contributed by atoms with Crippen molar-refractivity contribution in [3.63, 3.8) is 0 Å². The molecule has 13 aromatic carbocycles. The number of hydrogen-bond donors (Lipinski definition) is 0. The number of rotatable bonds is 8. The van der Waals surface area contributed by atoms with Crippen LogP contribution in [-0.2, 0) is 21.7 Å². The highest BCUT2D eigenvalue weighted by atomic mass is 32.1. The molecule has 0 N–H and O–H groups in total. The molecule has 0 aliphatic heterocycles. The molecule has 0 saturated heterocycles. The van der Waals surface area contributed by atoms with Crippen LogP contribution in [-0.4, -0.2) is 4.57 Å². The summed E-state index contributed by atoms with van der Waals surface area (Å²) in [5.41, 5.74) is 32.8. The first-order valence-corrected chi connectivity index (χ1v) is 34.1. The van der Waals surface area contributed by atoms with E-state index in [4.69, 9.17) is 0 Å². The van der Waals surface area contributed by atoms with Gasteiger partial charge < -0.3 is 14.4 Å². The summed E-state index contributed by atoms with van der Waals surface area (Å²) in [5.74, 6) is 0. The lowest BCUT2D eigenvalue weighted by Crippen LogP contribution is -2.19. The second kappa shape index (κ2) is 19.5. The van der Waals surface area contributed by atoms with E-state index in [0.29, 0.717) is 0 Å². The Hall–Kier alpha value is -10.5. The van der Waals surface area contributed by atoms with Crippen molar-refractivity contribution in [1.82, 2.24) is 4.57 Å². The molecule has 94 heavy (non-hydrogen) atoms. The highest BCUT2D eigenvalue weighted by Crippen LogP contribution is 2.57. The van der Waals surface area contributed by atoms with Gasteiger partial charge in [-0.1, -0.05) is 225 Å². The second-order valence-electron chi connectivity index (χ2n) is 28.8. The molecule has 2 heterocycles. The lowest BCUT2D eigenvalue weighted by molar-refractivity contribution is 0.659. The molecule has 0 fully saturated rings. The maximum absolute atomic E-state index is 2.58. The molecule has 4 aliphatic carbocycles. The summed E-state index contributed by atoms with van der Waals surface area (Å²) < 4.78 is 5.09. The number of anilines is 6. The molecule has 0 unspecified atom stereocenters. The topological polar surface area (TPSA) is 11.4 Å². The summed E-state index contributed by atoms with van der Waals surface area (Å²) in [6.45, 7) is 19.2. The van der Waals surface area contributed by atoms with Gasteiger partial charge in [0, 0.05) is 92.4 Å². The van der Waals surface area contributed by atoms with Gasteiger partial charge >= 0.3 is 0 Å². The van der Waals surface area contributed by atoms with Crippen molar-refractivity contribution in [2.75, 3.05) is 9.80 Å². The van der Waals surface area contributed by atoms with Crippen LogP contribution in [0.3, 0.4) is 0 Å². The van der Waals surface area contributed by atoms with Gasteiger partial charge in [0.05, 0.1) is 11.0 Å². The summed E-state index contributed by atoms with van der Waals surface area (Å²) in [5, 5.41) is 5.11. The SMILES string of the molecule is CC1(C)c2ccccc2-c2ccc(N(c3cc(-c4ccc5c(c4)c4c6sc7ccccc7c6ccc4n5-c4ccccc4)cc(N(c4ccc5c(c4)C(C)(C)c4ccccc4-5)c4ccc5c(c4)C(C)(C)c4ccccc4-5)c3)c3ccc4c(c3)C(C)(C)c3ccccc3-4)cc21. The molecule has 3 nitrogen and oxygen atoms in total. The molecule has 15 aromatic rings. The Kier molecular flexibility index (Phi) is 11.5. The average molecular weight is 1220 g/mol. The minimum absolute atomic E-state index is 0.227. The first-order chi connectivity index (χ1) is 45.6. The predicted molar refractivity (Wildman–Crippen MR) is 399 cm³/mol. The van der Waals surface area contributed by atoms with Crippen LogP contribution in [0.5, 0.6) is 0 Å². The van der Waals surface area contributed by atoms with Crippen molar-refractivity contribution in [3.8, 4) is 61.3 Å². The van der Waals surface area contributed by atoms with Crippen molar-refractivity contribution in [2.24, 2.45) is 0 Å². The molecule has 4 heteroatoms. The maximum Gasteiger partial charge on any atom is 0.0555 e. The Morgan fingerprint density at radius 1 is 0.266 bits per heavy atom. The van der Waals surface area contributed by atoms with Crippen LogP contribution in [0.15, 0.2) is 273 Å². The van der Waals surface area contributed by atoms with Gasteiger partial charge in [-0.25, -0.2) is 0 Å². The Balaban J connectivity index is 0.909. The molecule has 19 rings (SSSR count). The van der Waals surface area contributed by atoms with Crippen LogP contribution in [0.1, 0.15) is 99.9 Å². The van der Waals surface area contributed by atoms with Crippen LogP contribution in [0, 0.1) is 0 Å². The van der Waals surface area contributed by atoms with Gasteiger partial charge in [-0.2, -0.15) is 0 Å². The molecule has 0 saturated carbocycles. The maximum atomic E-state index is 2.58. The number of benzene rings is 13. The molecular weight excluding hydrogens is 1160 g/mol. The highest BCUT2D eigenvalue weighted by Gasteiger charge is 2.41. The number of para-hydroxylation sites is 1. The van der Waals surface area contributed by atoms with E-state index in [-0.39, 0.29) is 21.7 Å². The zero-order valence-electron chi connectivity index (χ0n) is 54.2. The summed E-state index contributed by atoms with van der Waals surface area (Å²) >= 11 is 1.91. The van der Waals surface area contributed by atoms with Gasteiger partial charge in [0.2, 0.25) is 0 Å². The zero-order valence-corrected chi connectivity index (χ0v) is 55.0. The van der Waals surface area contributed by atoms with Crippen molar-refractivity contribution < 1.29 is 0 Å². The minimum Gasteiger partial charge on any atom is -0.310 e. The fraction of sp³-hybridized carbons (Fsp3) is 0.133. The predicted octanol–water partition coefficient (Wildman–Crippen LogP) is 25.0. The summed E-state index contributed by atoms with van der Waals surface area (Å²) in [6, 6.07) is 105. The van der Waals surface area contributed by atoms with E-state index in [9.17, 15) is 0 Å². The van der Waals surface area contributed by atoms with Crippen LogP contribution < -0.4 is 9.80 Å². The number of thiophene rings is 1. The quantitative estimate of drug-likeness (QED) is 0.150. The van der Waals surface area contributed by atoms with Gasteiger partial charge in [-0.15, -0.1) is 11.3 Å². The average Bonchev–Trinajstić information content (AvgIpc) is 1.57. The normalized spacial score (nSPS) is 15.1. The van der Waals surface area contributed by atoms with E-state index in [1.807, 2.05) is 11.3 Å². The van der Waals surface area contributed by atoms with Gasteiger partial charge in [0.25, 0.3) is 0 Å². The van der Waals surface area contributed by atoms with Crippen LogP contribution in [0.4, 0.5) is 34.1 Å². The molecule has 0 radical (unpaired) electrons. The first-order valence-electron chi connectivity index (χ1n) is 33.3. The smallest absolute Gasteiger partial charge is 0.0555 e. The Labute approximate surface area is 554 Å². The minimum atomic E-state index is -0.227. The molecule has 2 aromatic heterocycles. The van der Waals surface area contributed by atoms with Gasteiger partial charge in [-0.05, 0) is 203 Å². The van der Waals surface area contributed by atoms with Crippen LogP contribution in [0.25, 0.3) is 103 Å². The summed E-state index contributed by atoms with van der Waals surface area (Å²) in [4.78, 5) is 5.16. The number of aromatic nitrogens is 1.